The van der Waals surface area contributed by atoms with Crippen molar-refractivity contribution in [1.29, 1.82) is 0 Å². The number of fused-ring (bicyclic) bond motifs is 2. The number of benzene rings is 3. The highest BCUT2D eigenvalue weighted by Crippen LogP contribution is 2.37. The molecule has 3 aromatic carbocycles. The molecule has 0 spiro atoms. The van der Waals surface area contributed by atoms with Crippen molar-refractivity contribution >= 4 is 16.7 Å². The molecule has 1 atom stereocenters. The Morgan fingerprint density at radius 3 is 2.62 bits per heavy atom. The van der Waals surface area contributed by atoms with Gasteiger partial charge in [-0.25, -0.2) is 13.9 Å². The minimum Gasteiger partial charge on any atom is -0.460 e. The van der Waals surface area contributed by atoms with Gasteiger partial charge in [0.05, 0.1) is 12.0 Å². The number of hydrogen-bond donors (Lipinski definition) is 0. The molecule has 8 heteroatoms. The lowest BCUT2D eigenvalue weighted by atomic mass is 10.1. The molecule has 0 saturated heterocycles. The summed E-state index contributed by atoms with van der Waals surface area (Å²) in [7, 11) is 0. The first kappa shape index (κ1) is 21.8. The van der Waals surface area contributed by atoms with Gasteiger partial charge in [-0.3, -0.25) is 4.79 Å². The zero-order valence-electron chi connectivity index (χ0n) is 18.4. The van der Waals surface area contributed by atoms with Gasteiger partial charge in [-0.15, -0.1) is 0 Å². The highest BCUT2D eigenvalue weighted by atomic mass is 19.1. The number of aryl methyl sites for hydroxylation is 1. The number of ether oxygens (including phenoxy) is 3. The average Bonchev–Trinajstić information content (AvgIpc) is 2.87. The van der Waals surface area contributed by atoms with E-state index >= 15 is 0 Å². The molecule has 0 bridgehead atoms. The molecular formula is C26H21FN2O5. The van der Waals surface area contributed by atoms with Crippen LogP contribution in [0.2, 0.25) is 0 Å². The van der Waals surface area contributed by atoms with Gasteiger partial charge in [-0.2, -0.15) is 5.10 Å². The molecule has 0 aliphatic carbocycles. The Kier molecular flexibility index (Phi) is 5.81. The SMILES string of the molecule is CCn1nc(C(=O)OCc2cc(F)cc3c2OC(c2ccccc2)OC3)c2ccccc2c1=O. The minimum atomic E-state index is -0.719. The van der Waals surface area contributed by atoms with E-state index in [1.807, 2.05) is 30.3 Å². The second-order valence-electron chi connectivity index (χ2n) is 7.82. The molecule has 7 nitrogen and oxygen atoms in total. The second kappa shape index (κ2) is 9.07. The summed E-state index contributed by atoms with van der Waals surface area (Å²) < 4.78 is 32.8. The lowest BCUT2D eigenvalue weighted by molar-refractivity contribution is -0.112. The molecule has 172 valence electrons. The Hall–Kier alpha value is -4.04. The van der Waals surface area contributed by atoms with Crippen molar-refractivity contribution in [1.82, 2.24) is 9.78 Å². The van der Waals surface area contributed by atoms with Crippen LogP contribution in [0.15, 0.2) is 71.5 Å². The van der Waals surface area contributed by atoms with Crippen LogP contribution in [0.4, 0.5) is 4.39 Å². The van der Waals surface area contributed by atoms with Crippen molar-refractivity contribution in [2.24, 2.45) is 0 Å². The first-order chi connectivity index (χ1) is 16.5. The third-order valence-corrected chi connectivity index (χ3v) is 5.61. The highest BCUT2D eigenvalue weighted by Gasteiger charge is 2.26. The molecule has 0 amide bonds. The summed E-state index contributed by atoms with van der Waals surface area (Å²) in [6, 6.07) is 18.7. The van der Waals surface area contributed by atoms with E-state index in [0.29, 0.717) is 34.2 Å². The Morgan fingerprint density at radius 2 is 1.85 bits per heavy atom. The molecule has 0 saturated carbocycles. The van der Waals surface area contributed by atoms with E-state index in [0.717, 1.165) is 5.56 Å². The maximum Gasteiger partial charge on any atom is 0.359 e. The Bertz CT molecular complexity index is 1430. The van der Waals surface area contributed by atoms with Crippen LogP contribution < -0.4 is 10.3 Å². The van der Waals surface area contributed by atoms with Crippen molar-refractivity contribution in [3.8, 4) is 5.75 Å². The van der Waals surface area contributed by atoms with Crippen molar-refractivity contribution < 1.29 is 23.4 Å². The first-order valence-corrected chi connectivity index (χ1v) is 10.9. The summed E-state index contributed by atoms with van der Waals surface area (Å²) in [6.07, 6.45) is -0.660. The number of halogens is 1. The third-order valence-electron chi connectivity index (χ3n) is 5.61. The fraction of sp³-hybridized carbons (Fsp3) is 0.192. The van der Waals surface area contributed by atoms with Crippen LogP contribution in [-0.4, -0.2) is 15.7 Å². The number of aromatic nitrogens is 2. The summed E-state index contributed by atoms with van der Waals surface area (Å²) in [5.74, 6) is -0.785. The maximum atomic E-state index is 14.3. The van der Waals surface area contributed by atoms with Crippen LogP contribution in [0.1, 0.15) is 40.4 Å². The monoisotopic (exact) mass is 460 g/mol. The summed E-state index contributed by atoms with van der Waals surface area (Å²) in [5, 5.41) is 4.97. The highest BCUT2D eigenvalue weighted by molar-refractivity contribution is 6.02. The maximum absolute atomic E-state index is 14.3. The standard InChI is InChI=1S/C26H21FN2O5/c1-2-29-24(30)21-11-7-6-10-20(21)22(28-29)25(31)32-14-17-12-19(27)13-18-15-33-26(34-23(17)18)16-8-4-3-5-9-16/h3-13,26H,2,14-15H2,1H3. The lowest BCUT2D eigenvalue weighted by Gasteiger charge is -2.28. The van der Waals surface area contributed by atoms with Crippen molar-refractivity contribution in [3.63, 3.8) is 0 Å². The van der Waals surface area contributed by atoms with Crippen LogP contribution >= 0.6 is 0 Å². The van der Waals surface area contributed by atoms with E-state index in [1.54, 1.807) is 31.2 Å². The fourth-order valence-electron chi connectivity index (χ4n) is 3.97. The number of rotatable bonds is 5. The number of hydrogen-bond acceptors (Lipinski definition) is 6. The first-order valence-electron chi connectivity index (χ1n) is 10.9. The van der Waals surface area contributed by atoms with Gasteiger partial charge in [0.15, 0.2) is 5.69 Å². The molecule has 1 aromatic heterocycles. The molecule has 1 aliphatic heterocycles. The molecule has 0 radical (unpaired) electrons. The Morgan fingerprint density at radius 1 is 1.12 bits per heavy atom. The van der Waals surface area contributed by atoms with Gasteiger partial charge in [-0.05, 0) is 25.1 Å². The van der Waals surface area contributed by atoms with Gasteiger partial charge >= 0.3 is 5.97 Å². The molecular weight excluding hydrogens is 439 g/mol. The Balaban J connectivity index is 1.44. The molecule has 2 heterocycles. The van der Waals surface area contributed by atoms with E-state index in [4.69, 9.17) is 14.2 Å². The predicted octanol–water partition coefficient (Wildman–Crippen LogP) is 4.52. The van der Waals surface area contributed by atoms with E-state index < -0.39 is 18.1 Å². The normalized spacial score (nSPS) is 14.9. The van der Waals surface area contributed by atoms with Crippen LogP contribution in [0.25, 0.3) is 10.8 Å². The van der Waals surface area contributed by atoms with Gasteiger partial charge in [0.1, 0.15) is 18.2 Å². The topological polar surface area (TPSA) is 79.7 Å². The molecule has 5 rings (SSSR count). The van der Waals surface area contributed by atoms with Crippen LogP contribution in [0, 0.1) is 5.82 Å². The zero-order valence-corrected chi connectivity index (χ0v) is 18.4. The van der Waals surface area contributed by atoms with Crippen LogP contribution in [-0.2, 0) is 29.2 Å². The van der Waals surface area contributed by atoms with Gasteiger partial charge in [-0.1, -0.05) is 48.5 Å². The van der Waals surface area contributed by atoms with Crippen molar-refractivity contribution in [3.05, 3.63) is 105 Å². The fourth-order valence-corrected chi connectivity index (χ4v) is 3.97. The third kappa shape index (κ3) is 4.04. The van der Waals surface area contributed by atoms with Crippen LogP contribution in [0.5, 0.6) is 5.75 Å². The summed E-state index contributed by atoms with van der Waals surface area (Å²) >= 11 is 0. The molecule has 1 aliphatic rings. The van der Waals surface area contributed by atoms with Crippen molar-refractivity contribution in [2.75, 3.05) is 0 Å². The molecule has 0 fully saturated rings. The van der Waals surface area contributed by atoms with E-state index in [1.165, 1.54) is 16.8 Å². The van der Waals surface area contributed by atoms with Gasteiger partial charge in [0.2, 0.25) is 6.29 Å². The number of nitrogens with zero attached hydrogens (tertiary/aromatic N) is 2. The smallest absolute Gasteiger partial charge is 0.359 e. The molecule has 4 aromatic rings. The lowest BCUT2D eigenvalue weighted by Crippen LogP contribution is -2.26. The molecule has 1 unspecified atom stereocenters. The van der Waals surface area contributed by atoms with E-state index in [-0.39, 0.29) is 24.5 Å². The number of carbonyl (C=O) groups excluding carboxylic acids is 1. The summed E-state index contributed by atoms with van der Waals surface area (Å²) in [4.78, 5) is 25.5. The van der Waals surface area contributed by atoms with Gasteiger partial charge in [0.25, 0.3) is 5.56 Å². The quantitative estimate of drug-likeness (QED) is 0.408. The van der Waals surface area contributed by atoms with Crippen LogP contribution in [0.3, 0.4) is 0 Å². The summed E-state index contributed by atoms with van der Waals surface area (Å²) in [6.45, 7) is 1.99. The predicted molar refractivity (Wildman–Crippen MR) is 122 cm³/mol. The zero-order chi connectivity index (χ0) is 23.7. The van der Waals surface area contributed by atoms with Gasteiger partial charge in [0, 0.05) is 28.6 Å². The van der Waals surface area contributed by atoms with Gasteiger partial charge < -0.3 is 14.2 Å². The molecule has 0 N–H and O–H groups in total. The molecule has 34 heavy (non-hydrogen) atoms. The second-order valence-corrected chi connectivity index (χ2v) is 7.82. The number of esters is 1. The largest absolute Gasteiger partial charge is 0.460 e. The van der Waals surface area contributed by atoms with Crippen molar-refractivity contribution in [2.45, 2.75) is 33.0 Å². The average molecular weight is 460 g/mol. The van der Waals surface area contributed by atoms with E-state index in [9.17, 15) is 14.0 Å². The Labute approximate surface area is 194 Å². The van der Waals surface area contributed by atoms with E-state index in [2.05, 4.69) is 5.10 Å². The number of carbonyl (C=O) groups is 1. The summed E-state index contributed by atoms with van der Waals surface area (Å²) in [5.41, 5.74) is 1.46. The minimum absolute atomic E-state index is 0.0220.